The average Bonchev–Trinajstić information content (AvgIpc) is 2.45. The molecule has 1 unspecified atom stereocenters. The highest BCUT2D eigenvalue weighted by molar-refractivity contribution is 6.30. The Morgan fingerprint density at radius 3 is 2.70 bits per heavy atom. The van der Waals surface area contributed by atoms with Crippen molar-refractivity contribution in [3.63, 3.8) is 0 Å². The summed E-state index contributed by atoms with van der Waals surface area (Å²) in [7, 11) is 0. The van der Waals surface area contributed by atoms with E-state index in [1.54, 1.807) is 0 Å². The molecule has 1 aliphatic rings. The highest BCUT2D eigenvalue weighted by atomic mass is 35.5. The van der Waals surface area contributed by atoms with Crippen molar-refractivity contribution >= 4 is 17.6 Å². The second-order valence-corrected chi connectivity index (χ2v) is 5.50. The first-order chi connectivity index (χ1) is 9.58. The fourth-order valence-corrected chi connectivity index (χ4v) is 3.16. The molecule has 1 N–H and O–H groups in total. The molecule has 1 atom stereocenters. The Balaban J connectivity index is 2.42. The van der Waals surface area contributed by atoms with Gasteiger partial charge in [-0.25, -0.2) is 0 Å². The zero-order valence-corrected chi connectivity index (χ0v) is 12.4. The lowest BCUT2D eigenvalue weighted by atomic mass is 9.82. The SMILES string of the molecule is CCC(CC(=O)O)(c1cccc(Cl)c1)N1CCOCC1. The summed E-state index contributed by atoms with van der Waals surface area (Å²) in [5.41, 5.74) is 0.456. The van der Waals surface area contributed by atoms with Crippen LogP contribution < -0.4 is 0 Å². The van der Waals surface area contributed by atoms with E-state index >= 15 is 0 Å². The third-order valence-corrected chi connectivity index (χ3v) is 4.24. The minimum Gasteiger partial charge on any atom is -0.481 e. The summed E-state index contributed by atoms with van der Waals surface area (Å²) in [6.07, 6.45) is 0.795. The van der Waals surface area contributed by atoms with Crippen molar-refractivity contribution in [3.8, 4) is 0 Å². The van der Waals surface area contributed by atoms with Gasteiger partial charge in [-0.05, 0) is 24.1 Å². The Bertz CT molecular complexity index is 474. The molecule has 0 amide bonds. The first-order valence-corrected chi connectivity index (χ1v) is 7.27. The number of carboxylic acids is 1. The van der Waals surface area contributed by atoms with E-state index in [1.165, 1.54) is 0 Å². The van der Waals surface area contributed by atoms with Gasteiger partial charge in [-0.2, -0.15) is 0 Å². The van der Waals surface area contributed by atoms with Crippen LogP contribution in [0.5, 0.6) is 0 Å². The van der Waals surface area contributed by atoms with Crippen LogP contribution in [-0.4, -0.2) is 42.3 Å². The fourth-order valence-electron chi connectivity index (χ4n) is 2.97. The largest absolute Gasteiger partial charge is 0.481 e. The number of carboxylic acid groups (broad SMARTS) is 1. The van der Waals surface area contributed by atoms with Crippen molar-refractivity contribution in [2.24, 2.45) is 0 Å². The summed E-state index contributed by atoms with van der Waals surface area (Å²) in [6.45, 7) is 4.80. The molecule has 1 aromatic carbocycles. The molecule has 20 heavy (non-hydrogen) atoms. The Labute approximate surface area is 124 Å². The molecule has 5 heteroatoms. The highest BCUT2D eigenvalue weighted by Crippen LogP contribution is 2.37. The first kappa shape index (κ1) is 15.3. The molecular weight excluding hydrogens is 278 g/mol. The van der Waals surface area contributed by atoms with Crippen molar-refractivity contribution in [1.82, 2.24) is 4.90 Å². The molecule has 1 aliphatic heterocycles. The van der Waals surface area contributed by atoms with Crippen molar-refractivity contribution in [3.05, 3.63) is 34.9 Å². The standard InChI is InChI=1S/C15H20ClNO3/c1-2-15(11-14(18)19,17-6-8-20-9-7-17)12-4-3-5-13(16)10-12/h3-5,10H,2,6-9,11H2,1H3,(H,18,19). The quantitative estimate of drug-likeness (QED) is 0.908. The van der Waals surface area contributed by atoms with E-state index in [-0.39, 0.29) is 6.42 Å². The van der Waals surface area contributed by atoms with Crippen LogP contribution in [0.1, 0.15) is 25.3 Å². The lowest BCUT2D eigenvalue weighted by molar-refractivity contribution is -0.142. The number of nitrogens with zero attached hydrogens (tertiary/aromatic N) is 1. The van der Waals surface area contributed by atoms with E-state index in [2.05, 4.69) is 4.90 Å². The normalized spacial score (nSPS) is 19.5. The molecule has 0 spiro atoms. The third kappa shape index (κ3) is 3.14. The van der Waals surface area contributed by atoms with Gasteiger partial charge >= 0.3 is 5.97 Å². The number of hydrogen-bond acceptors (Lipinski definition) is 3. The number of carbonyl (C=O) groups is 1. The minimum atomic E-state index is -0.793. The molecule has 1 fully saturated rings. The van der Waals surface area contributed by atoms with Gasteiger partial charge in [0.05, 0.1) is 25.2 Å². The molecule has 110 valence electrons. The Morgan fingerprint density at radius 1 is 1.45 bits per heavy atom. The number of aliphatic carboxylic acids is 1. The molecule has 0 radical (unpaired) electrons. The van der Waals surface area contributed by atoms with E-state index in [0.717, 1.165) is 25.1 Å². The maximum atomic E-state index is 11.4. The smallest absolute Gasteiger partial charge is 0.305 e. The number of hydrogen-bond donors (Lipinski definition) is 1. The molecule has 1 heterocycles. The Kier molecular flexibility index (Phi) is 5.02. The summed E-state index contributed by atoms with van der Waals surface area (Å²) in [6, 6.07) is 7.53. The molecule has 1 aromatic rings. The van der Waals surface area contributed by atoms with Gasteiger partial charge in [-0.1, -0.05) is 30.7 Å². The fraction of sp³-hybridized carbons (Fsp3) is 0.533. The number of benzene rings is 1. The third-order valence-electron chi connectivity index (χ3n) is 4.01. The Hall–Kier alpha value is -1.10. The molecule has 0 aromatic heterocycles. The van der Waals surface area contributed by atoms with Crippen LogP contribution in [0.2, 0.25) is 5.02 Å². The van der Waals surface area contributed by atoms with Crippen LogP contribution in [0.25, 0.3) is 0 Å². The molecule has 2 rings (SSSR count). The second kappa shape index (κ2) is 6.57. The van der Waals surface area contributed by atoms with Gasteiger partial charge in [0, 0.05) is 18.1 Å². The molecule has 4 nitrogen and oxygen atoms in total. The summed E-state index contributed by atoms with van der Waals surface area (Å²) in [4.78, 5) is 13.6. The number of ether oxygens (including phenoxy) is 1. The zero-order chi connectivity index (χ0) is 14.6. The van der Waals surface area contributed by atoms with E-state index in [1.807, 2.05) is 31.2 Å². The highest BCUT2D eigenvalue weighted by Gasteiger charge is 2.39. The van der Waals surface area contributed by atoms with Crippen LogP contribution in [0.3, 0.4) is 0 Å². The van der Waals surface area contributed by atoms with Gasteiger partial charge in [0.25, 0.3) is 0 Å². The summed E-state index contributed by atoms with van der Waals surface area (Å²) >= 11 is 6.09. The van der Waals surface area contributed by atoms with Crippen molar-refractivity contribution in [2.45, 2.75) is 25.3 Å². The van der Waals surface area contributed by atoms with Crippen molar-refractivity contribution in [2.75, 3.05) is 26.3 Å². The minimum absolute atomic E-state index is 0.0733. The van der Waals surface area contributed by atoms with Gasteiger partial charge in [-0.3, -0.25) is 9.69 Å². The maximum Gasteiger partial charge on any atom is 0.305 e. The van der Waals surface area contributed by atoms with E-state index < -0.39 is 11.5 Å². The van der Waals surface area contributed by atoms with E-state index in [0.29, 0.717) is 18.2 Å². The predicted molar refractivity (Wildman–Crippen MR) is 78.1 cm³/mol. The van der Waals surface area contributed by atoms with Gasteiger partial charge in [0.2, 0.25) is 0 Å². The van der Waals surface area contributed by atoms with Crippen LogP contribution in [0.15, 0.2) is 24.3 Å². The lowest BCUT2D eigenvalue weighted by Gasteiger charge is -2.45. The molecule has 0 bridgehead atoms. The zero-order valence-electron chi connectivity index (χ0n) is 11.6. The summed E-state index contributed by atoms with van der Waals surface area (Å²) in [5.74, 6) is -0.793. The van der Waals surface area contributed by atoms with Crippen LogP contribution in [0, 0.1) is 0 Å². The van der Waals surface area contributed by atoms with Gasteiger partial charge in [0.15, 0.2) is 0 Å². The summed E-state index contributed by atoms with van der Waals surface area (Å²) in [5, 5.41) is 9.99. The second-order valence-electron chi connectivity index (χ2n) is 5.07. The summed E-state index contributed by atoms with van der Waals surface area (Å²) < 4.78 is 5.39. The number of halogens is 1. The first-order valence-electron chi connectivity index (χ1n) is 6.89. The van der Waals surface area contributed by atoms with Crippen molar-refractivity contribution < 1.29 is 14.6 Å². The average molecular weight is 298 g/mol. The topological polar surface area (TPSA) is 49.8 Å². The number of morpholine rings is 1. The molecule has 0 saturated carbocycles. The Morgan fingerprint density at radius 2 is 2.15 bits per heavy atom. The lowest BCUT2D eigenvalue weighted by Crippen LogP contribution is -2.52. The van der Waals surface area contributed by atoms with E-state index in [9.17, 15) is 9.90 Å². The number of rotatable bonds is 5. The van der Waals surface area contributed by atoms with Gasteiger partial charge in [-0.15, -0.1) is 0 Å². The van der Waals surface area contributed by atoms with Gasteiger partial charge in [0.1, 0.15) is 0 Å². The van der Waals surface area contributed by atoms with Crippen molar-refractivity contribution in [1.29, 1.82) is 0 Å². The van der Waals surface area contributed by atoms with E-state index in [4.69, 9.17) is 16.3 Å². The molecule has 0 aliphatic carbocycles. The monoisotopic (exact) mass is 297 g/mol. The maximum absolute atomic E-state index is 11.4. The predicted octanol–water partition coefficient (Wildman–Crippen LogP) is 2.75. The molecule has 1 saturated heterocycles. The van der Waals surface area contributed by atoms with Crippen LogP contribution >= 0.6 is 11.6 Å². The van der Waals surface area contributed by atoms with Gasteiger partial charge < -0.3 is 9.84 Å². The van der Waals surface area contributed by atoms with Crippen LogP contribution in [-0.2, 0) is 15.1 Å². The molecular formula is C15H20ClNO3. The van der Waals surface area contributed by atoms with Crippen LogP contribution in [0.4, 0.5) is 0 Å².